The number of hydrogen-bond acceptors (Lipinski definition) is 3. The highest BCUT2D eigenvalue weighted by molar-refractivity contribution is 9.10. The number of halogens is 2. The number of benzene rings is 1. The Labute approximate surface area is 112 Å². The van der Waals surface area contributed by atoms with Crippen molar-refractivity contribution in [1.29, 1.82) is 0 Å². The fourth-order valence-corrected chi connectivity index (χ4v) is 3.27. The first-order chi connectivity index (χ1) is 8.39. The SMILES string of the molecule is O=C(NC1C=CS(=O)(=O)C1)c1cccc(F)c1Br. The molecule has 18 heavy (non-hydrogen) atoms. The van der Waals surface area contributed by atoms with Gasteiger partial charge in [-0.1, -0.05) is 6.07 Å². The summed E-state index contributed by atoms with van der Waals surface area (Å²) in [5, 5.41) is 3.59. The smallest absolute Gasteiger partial charge is 0.253 e. The molecule has 0 saturated heterocycles. The van der Waals surface area contributed by atoms with Crippen molar-refractivity contribution in [1.82, 2.24) is 5.32 Å². The first kappa shape index (κ1) is 13.2. The van der Waals surface area contributed by atoms with E-state index in [1.54, 1.807) is 0 Å². The molecule has 1 aliphatic rings. The summed E-state index contributed by atoms with van der Waals surface area (Å²) < 4.78 is 35.6. The van der Waals surface area contributed by atoms with Crippen molar-refractivity contribution < 1.29 is 17.6 Å². The van der Waals surface area contributed by atoms with Crippen LogP contribution < -0.4 is 5.32 Å². The molecule has 1 amide bonds. The Morgan fingerprint density at radius 3 is 2.78 bits per heavy atom. The van der Waals surface area contributed by atoms with E-state index in [4.69, 9.17) is 0 Å². The molecule has 1 unspecified atom stereocenters. The fourth-order valence-electron chi connectivity index (χ4n) is 1.59. The van der Waals surface area contributed by atoms with E-state index in [9.17, 15) is 17.6 Å². The van der Waals surface area contributed by atoms with Gasteiger partial charge in [-0.2, -0.15) is 0 Å². The molecule has 96 valence electrons. The molecule has 1 heterocycles. The van der Waals surface area contributed by atoms with Crippen molar-refractivity contribution in [2.24, 2.45) is 0 Å². The van der Waals surface area contributed by atoms with E-state index in [1.165, 1.54) is 24.3 Å². The maximum absolute atomic E-state index is 13.2. The summed E-state index contributed by atoms with van der Waals surface area (Å²) in [5.74, 6) is -1.23. The number of sulfone groups is 1. The van der Waals surface area contributed by atoms with E-state index >= 15 is 0 Å². The average Bonchev–Trinajstić information content (AvgIpc) is 2.62. The third kappa shape index (κ3) is 2.78. The minimum Gasteiger partial charge on any atom is -0.345 e. The lowest BCUT2D eigenvalue weighted by Crippen LogP contribution is -2.35. The zero-order valence-corrected chi connectivity index (χ0v) is 11.5. The first-order valence-corrected chi connectivity index (χ1v) is 7.56. The molecule has 0 aliphatic carbocycles. The summed E-state index contributed by atoms with van der Waals surface area (Å²) in [6.45, 7) is 0. The van der Waals surface area contributed by atoms with Crippen LogP contribution >= 0.6 is 15.9 Å². The van der Waals surface area contributed by atoms with Crippen molar-refractivity contribution in [3.05, 3.63) is 45.5 Å². The Kier molecular flexibility index (Phi) is 3.54. The van der Waals surface area contributed by atoms with Gasteiger partial charge in [-0.25, -0.2) is 12.8 Å². The second kappa shape index (κ2) is 4.81. The molecule has 4 nitrogen and oxygen atoms in total. The van der Waals surface area contributed by atoms with E-state index in [1.807, 2.05) is 0 Å². The van der Waals surface area contributed by atoms with Crippen molar-refractivity contribution >= 4 is 31.7 Å². The van der Waals surface area contributed by atoms with Gasteiger partial charge in [-0.05, 0) is 34.1 Å². The molecule has 0 fully saturated rings. The number of carbonyl (C=O) groups excluding carboxylic acids is 1. The lowest BCUT2D eigenvalue weighted by Gasteiger charge is -2.11. The Morgan fingerprint density at radius 1 is 1.44 bits per heavy atom. The molecule has 0 aromatic heterocycles. The van der Waals surface area contributed by atoms with Crippen LogP contribution in [0, 0.1) is 5.82 Å². The van der Waals surface area contributed by atoms with Gasteiger partial charge in [0.1, 0.15) is 5.82 Å². The lowest BCUT2D eigenvalue weighted by molar-refractivity contribution is 0.0946. The molecule has 1 aromatic carbocycles. The highest BCUT2D eigenvalue weighted by Crippen LogP contribution is 2.20. The molecule has 0 spiro atoms. The normalized spacial score (nSPS) is 20.9. The van der Waals surface area contributed by atoms with Crippen LogP contribution in [0.15, 0.2) is 34.2 Å². The highest BCUT2D eigenvalue weighted by Gasteiger charge is 2.24. The van der Waals surface area contributed by atoms with E-state index in [0.29, 0.717) is 0 Å². The molecule has 1 N–H and O–H groups in total. The monoisotopic (exact) mass is 333 g/mol. The summed E-state index contributed by atoms with van der Waals surface area (Å²) in [6.07, 6.45) is 1.40. The minimum atomic E-state index is -3.22. The van der Waals surface area contributed by atoms with Gasteiger partial charge < -0.3 is 5.32 Å². The summed E-state index contributed by atoms with van der Waals surface area (Å²) in [5.41, 5.74) is 0.132. The van der Waals surface area contributed by atoms with Crippen LogP contribution in [-0.4, -0.2) is 26.1 Å². The maximum Gasteiger partial charge on any atom is 0.253 e. The predicted octanol–water partition coefficient (Wildman–Crippen LogP) is 1.63. The molecular formula is C11H9BrFNO3S. The van der Waals surface area contributed by atoms with Gasteiger partial charge in [0.2, 0.25) is 0 Å². The van der Waals surface area contributed by atoms with E-state index in [-0.39, 0.29) is 15.8 Å². The maximum atomic E-state index is 13.2. The van der Waals surface area contributed by atoms with Gasteiger partial charge in [0, 0.05) is 5.41 Å². The van der Waals surface area contributed by atoms with Crippen LogP contribution in [0.25, 0.3) is 0 Å². The number of hydrogen-bond donors (Lipinski definition) is 1. The van der Waals surface area contributed by atoms with E-state index < -0.39 is 27.6 Å². The van der Waals surface area contributed by atoms with Crippen LogP contribution in [0.5, 0.6) is 0 Å². The largest absolute Gasteiger partial charge is 0.345 e. The highest BCUT2D eigenvalue weighted by atomic mass is 79.9. The Hall–Kier alpha value is -1.21. The number of amides is 1. The number of nitrogens with one attached hydrogen (secondary N) is 1. The summed E-state index contributed by atoms with van der Waals surface area (Å²) in [7, 11) is -3.22. The molecule has 1 aliphatic heterocycles. The zero-order chi connectivity index (χ0) is 13.3. The van der Waals surface area contributed by atoms with Gasteiger partial charge in [-0.15, -0.1) is 0 Å². The Morgan fingerprint density at radius 2 is 2.17 bits per heavy atom. The van der Waals surface area contributed by atoms with Crippen molar-refractivity contribution in [2.45, 2.75) is 6.04 Å². The van der Waals surface area contributed by atoms with Crippen LogP contribution in [0.4, 0.5) is 4.39 Å². The fraction of sp³-hybridized carbons (Fsp3) is 0.182. The molecule has 2 rings (SSSR count). The Bertz CT molecular complexity index is 627. The van der Waals surface area contributed by atoms with Gasteiger partial charge >= 0.3 is 0 Å². The van der Waals surface area contributed by atoms with Crippen LogP contribution in [-0.2, 0) is 9.84 Å². The third-order valence-corrected chi connectivity index (χ3v) is 4.64. The van der Waals surface area contributed by atoms with Crippen LogP contribution in [0.1, 0.15) is 10.4 Å². The lowest BCUT2D eigenvalue weighted by atomic mass is 10.2. The summed E-state index contributed by atoms with van der Waals surface area (Å²) in [6, 6.07) is 3.52. The average molecular weight is 334 g/mol. The zero-order valence-electron chi connectivity index (χ0n) is 9.06. The van der Waals surface area contributed by atoms with E-state index in [0.717, 1.165) is 5.41 Å². The van der Waals surface area contributed by atoms with Crippen molar-refractivity contribution in [3.8, 4) is 0 Å². The molecule has 7 heteroatoms. The molecule has 1 atom stereocenters. The number of rotatable bonds is 2. The van der Waals surface area contributed by atoms with Crippen molar-refractivity contribution in [2.75, 3.05) is 5.75 Å². The van der Waals surface area contributed by atoms with Crippen LogP contribution in [0.3, 0.4) is 0 Å². The topological polar surface area (TPSA) is 63.2 Å². The second-order valence-corrected chi connectivity index (χ2v) is 6.56. The third-order valence-electron chi connectivity index (χ3n) is 2.44. The molecule has 0 bridgehead atoms. The van der Waals surface area contributed by atoms with Crippen LogP contribution in [0.2, 0.25) is 0 Å². The molecule has 0 radical (unpaired) electrons. The standard InChI is InChI=1S/C11H9BrFNO3S/c12-10-8(2-1-3-9(10)13)11(15)14-7-4-5-18(16,17)6-7/h1-5,7H,6H2,(H,14,15). The van der Waals surface area contributed by atoms with Crippen molar-refractivity contribution in [3.63, 3.8) is 0 Å². The quantitative estimate of drug-likeness (QED) is 0.894. The minimum absolute atomic E-state index is 0.0623. The number of carbonyl (C=O) groups is 1. The molecule has 0 saturated carbocycles. The summed E-state index contributed by atoms with van der Waals surface area (Å²) >= 11 is 2.98. The van der Waals surface area contributed by atoms with Gasteiger partial charge in [0.25, 0.3) is 5.91 Å². The van der Waals surface area contributed by atoms with Gasteiger partial charge in [0.05, 0.1) is 21.8 Å². The summed E-state index contributed by atoms with van der Waals surface area (Å²) in [4.78, 5) is 11.8. The second-order valence-electron chi connectivity index (χ2n) is 3.84. The predicted molar refractivity (Wildman–Crippen MR) is 68.3 cm³/mol. The van der Waals surface area contributed by atoms with Gasteiger partial charge in [-0.3, -0.25) is 4.79 Å². The van der Waals surface area contributed by atoms with Gasteiger partial charge in [0.15, 0.2) is 9.84 Å². The Balaban J connectivity index is 2.14. The molecular weight excluding hydrogens is 325 g/mol. The van der Waals surface area contributed by atoms with E-state index in [2.05, 4.69) is 21.2 Å². The molecule has 1 aromatic rings. The first-order valence-electron chi connectivity index (χ1n) is 5.05.